The SMILES string of the molecule is OC1Nc2ccc(Br)c3cccc1c23. The lowest BCUT2D eigenvalue weighted by atomic mass is 10.1. The molecule has 0 aliphatic carbocycles. The number of rotatable bonds is 0. The van der Waals surface area contributed by atoms with Gasteiger partial charge in [-0.1, -0.05) is 34.1 Å². The van der Waals surface area contributed by atoms with Gasteiger partial charge in [0.15, 0.2) is 6.23 Å². The number of aliphatic hydroxyl groups excluding tert-OH is 1. The average Bonchev–Trinajstić information content (AvgIpc) is 2.52. The second-order valence-electron chi connectivity index (χ2n) is 3.41. The summed E-state index contributed by atoms with van der Waals surface area (Å²) in [6, 6.07) is 9.93. The fourth-order valence-corrected chi connectivity index (χ4v) is 2.44. The van der Waals surface area contributed by atoms with Gasteiger partial charge in [0.25, 0.3) is 0 Å². The molecule has 0 bridgehead atoms. The standard InChI is InChI=1S/C11H8BrNO/c12-8-4-5-9-10-6(8)2-1-3-7(10)11(14)13-9/h1-5,11,13-14H. The van der Waals surface area contributed by atoms with Crippen molar-refractivity contribution in [2.75, 3.05) is 5.32 Å². The summed E-state index contributed by atoms with van der Waals surface area (Å²) in [5, 5.41) is 15.0. The molecule has 0 amide bonds. The second kappa shape index (κ2) is 2.72. The number of nitrogens with one attached hydrogen (secondary N) is 1. The highest BCUT2D eigenvalue weighted by molar-refractivity contribution is 9.10. The van der Waals surface area contributed by atoms with Crippen LogP contribution < -0.4 is 5.32 Å². The molecule has 0 aromatic heterocycles. The Hall–Kier alpha value is -1.06. The predicted octanol–water partition coefficient (Wildman–Crippen LogP) is 3.02. The van der Waals surface area contributed by atoms with Gasteiger partial charge in [0.2, 0.25) is 0 Å². The van der Waals surface area contributed by atoms with Crippen molar-refractivity contribution in [1.29, 1.82) is 0 Å². The lowest BCUT2D eigenvalue weighted by Crippen LogP contribution is -2.01. The van der Waals surface area contributed by atoms with Gasteiger partial charge in [0, 0.05) is 21.1 Å². The molecule has 70 valence electrons. The molecule has 2 aromatic rings. The third kappa shape index (κ3) is 0.938. The van der Waals surface area contributed by atoms with E-state index in [4.69, 9.17) is 0 Å². The van der Waals surface area contributed by atoms with Crippen LogP contribution in [0.4, 0.5) is 5.69 Å². The zero-order valence-corrected chi connectivity index (χ0v) is 8.88. The maximum absolute atomic E-state index is 9.73. The summed E-state index contributed by atoms with van der Waals surface area (Å²) in [6.07, 6.45) is -0.567. The minimum Gasteiger partial charge on any atom is -0.369 e. The Morgan fingerprint density at radius 1 is 1.21 bits per heavy atom. The van der Waals surface area contributed by atoms with E-state index in [1.807, 2.05) is 30.3 Å². The molecule has 1 aliphatic heterocycles. The Labute approximate surface area is 89.7 Å². The summed E-state index contributed by atoms with van der Waals surface area (Å²) in [5.41, 5.74) is 1.96. The summed E-state index contributed by atoms with van der Waals surface area (Å²) < 4.78 is 1.06. The normalized spacial score (nSPS) is 18.6. The van der Waals surface area contributed by atoms with E-state index in [1.54, 1.807) is 0 Å². The van der Waals surface area contributed by atoms with Crippen molar-refractivity contribution < 1.29 is 5.11 Å². The molecule has 0 saturated heterocycles. The monoisotopic (exact) mass is 249 g/mol. The molecule has 0 spiro atoms. The van der Waals surface area contributed by atoms with Crippen molar-refractivity contribution in [3.05, 3.63) is 40.4 Å². The molecule has 3 rings (SSSR count). The maximum atomic E-state index is 9.73. The molecule has 2 nitrogen and oxygen atoms in total. The van der Waals surface area contributed by atoms with Gasteiger partial charge in [-0.25, -0.2) is 0 Å². The van der Waals surface area contributed by atoms with E-state index in [0.29, 0.717) is 0 Å². The first-order chi connectivity index (χ1) is 6.77. The Balaban J connectivity index is 2.52. The van der Waals surface area contributed by atoms with Crippen LogP contribution in [-0.4, -0.2) is 5.11 Å². The van der Waals surface area contributed by atoms with E-state index in [-0.39, 0.29) is 0 Å². The number of benzene rings is 2. The molecule has 1 aliphatic rings. The number of anilines is 1. The van der Waals surface area contributed by atoms with Gasteiger partial charge in [-0.2, -0.15) is 0 Å². The smallest absolute Gasteiger partial charge is 0.151 e. The van der Waals surface area contributed by atoms with Gasteiger partial charge in [0.1, 0.15) is 0 Å². The summed E-state index contributed by atoms with van der Waals surface area (Å²) >= 11 is 3.50. The van der Waals surface area contributed by atoms with Crippen molar-refractivity contribution >= 4 is 32.4 Å². The highest BCUT2D eigenvalue weighted by Crippen LogP contribution is 2.40. The third-order valence-electron chi connectivity index (χ3n) is 2.61. The van der Waals surface area contributed by atoms with E-state index < -0.39 is 6.23 Å². The van der Waals surface area contributed by atoms with Crippen molar-refractivity contribution in [1.82, 2.24) is 0 Å². The van der Waals surface area contributed by atoms with Crippen LogP contribution in [-0.2, 0) is 0 Å². The summed E-state index contributed by atoms with van der Waals surface area (Å²) in [6.45, 7) is 0. The molecule has 0 fully saturated rings. The molecular weight excluding hydrogens is 242 g/mol. The lowest BCUT2D eigenvalue weighted by molar-refractivity contribution is 0.213. The van der Waals surface area contributed by atoms with Crippen molar-refractivity contribution in [2.24, 2.45) is 0 Å². The van der Waals surface area contributed by atoms with Gasteiger partial charge < -0.3 is 10.4 Å². The van der Waals surface area contributed by atoms with Gasteiger partial charge in [-0.05, 0) is 17.5 Å². The van der Waals surface area contributed by atoms with Crippen LogP contribution in [0.5, 0.6) is 0 Å². The molecule has 2 N–H and O–H groups in total. The third-order valence-corrected chi connectivity index (χ3v) is 3.30. The van der Waals surface area contributed by atoms with E-state index >= 15 is 0 Å². The largest absolute Gasteiger partial charge is 0.369 e. The molecule has 1 atom stereocenters. The van der Waals surface area contributed by atoms with Crippen LogP contribution in [0.3, 0.4) is 0 Å². The maximum Gasteiger partial charge on any atom is 0.151 e. The molecule has 2 aromatic carbocycles. The van der Waals surface area contributed by atoms with Crippen LogP contribution in [0.25, 0.3) is 10.8 Å². The van der Waals surface area contributed by atoms with E-state index in [1.165, 1.54) is 0 Å². The lowest BCUT2D eigenvalue weighted by Gasteiger charge is -2.02. The highest BCUT2D eigenvalue weighted by Gasteiger charge is 2.21. The van der Waals surface area contributed by atoms with Gasteiger partial charge >= 0.3 is 0 Å². The molecule has 1 heterocycles. The van der Waals surface area contributed by atoms with Crippen molar-refractivity contribution in [2.45, 2.75) is 6.23 Å². The number of halogens is 1. The predicted molar refractivity (Wildman–Crippen MR) is 60.2 cm³/mol. The van der Waals surface area contributed by atoms with Crippen LogP contribution in [0, 0.1) is 0 Å². The topological polar surface area (TPSA) is 32.3 Å². The first kappa shape index (κ1) is 8.26. The minimum atomic E-state index is -0.567. The number of hydrogen-bond acceptors (Lipinski definition) is 2. The minimum absolute atomic E-state index is 0.567. The quantitative estimate of drug-likeness (QED) is 0.753. The Bertz CT molecular complexity index is 524. The Morgan fingerprint density at radius 2 is 2.07 bits per heavy atom. The zero-order chi connectivity index (χ0) is 9.71. The van der Waals surface area contributed by atoms with Gasteiger partial charge in [-0.3, -0.25) is 0 Å². The molecular formula is C11H8BrNO. The second-order valence-corrected chi connectivity index (χ2v) is 4.27. The molecule has 3 heteroatoms. The van der Waals surface area contributed by atoms with Crippen molar-refractivity contribution in [3.63, 3.8) is 0 Å². The average molecular weight is 250 g/mol. The van der Waals surface area contributed by atoms with Crippen molar-refractivity contribution in [3.8, 4) is 0 Å². The molecule has 0 saturated carbocycles. The zero-order valence-electron chi connectivity index (χ0n) is 7.29. The summed E-state index contributed by atoms with van der Waals surface area (Å²) in [5.74, 6) is 0. The first-order valence-electron chi connectivity index (χ1n) is 4.43. The summed E-state index contributed by atoms with van der Waals surface area (Å²) in [7, 11) is 0. The van der Waals surface area contributed by atoms with E-state index in [9.17, 15) is 5.11 Å². The van der Waals surface area contributed by atoms with Gasteiger partial charge in [-0.15, -0.1) is 0 Å². The van der Waals surface area contributed by atoms with Crippen LogP contribution in [0.1, 0.15) is 11.8 Å². The molecule has 0 radical (unpaired) electrons. The fourth-order valence-electron chi connectivity index (χ4n) is 1.97. The fraction of sp³-hybridized carbons (Fsp3) is 0.0909. The van der Waals surface area contributed by atoms with Crippen LogP contribution in [0.2, 0.25) is 0 Å². The summed E-state index contributed by atoms with van der Waals surface area (Å²) in [4.78, 5) is 0. The number of hydrogen-bond donors (Lipinski definition) is 2. The Kier molecular flexibility index (Phi) is 1.60. The van der Waals surface area contributed by atoms with Crippen LogP contribution >= 0.6 is 15.9 Å². The van der Waals surface area contributed by atoms with Gasteiger partial charge in [0.05, 0.1) is 0 Å². The van der Waals surface area contributed by atoms with Crippen LogP contribution in [0.15, 0.2) is 34.8 Å². The molecule has 1 unspecified atom stereocenters. The van der Waals surface area contributed by atoms with E-state index in [2.05, 4.69) is 21.2 Å². The number of aliphatic hydroxyl groups is 1. The molecule has 14 heavy (non-hydrogen) atoms. The van der Waals surface area contributed by atoms with E-state index in [0.717, 1.165) is 26.5 Å². The highest BCUT2D eigenvalue weighted by atomic mass is 79.9. The first-order valence-corrected chi connectivity index (χ1v) is 5.22. The Morgan fingerprint density at radius 3 is 2.93 bits per heavy atom.